The molecule has 2 fully saturated rings. The molecule has 5 rings (SSSR count). The van der Waals surface area contributed by atoms with E-state index in [1.807, 2.05) is 0 Å². The molecule has 0 unspecified atom stereocenters. The minimum absolute atomic E-state index is 0.175. The average Bonchev–Trinajstić information content (AvgIpc) is 3.24. The van der Waals surface area contributed by atoms with E-state index in [1.165, 1.54) is 13.3 Å². The molecule has 2 aliphatic heterocycles. The fraction of sp³-hybridized carbons (Fsp3) is 0.346. The summed E-state index contributed by atoms with van der Waals surface area (Å²) in [5, 5.41) is 3.22. The summed E-state index contributed by atoms with van der Waals surface area (Å²) in [7, 11) is 0. The van der Waals surface area contributed by atoms with E-state index < -0.39 is 17.6 Å². The molecular formula is C26H26ClN5O5. The number of pyridine rings is 1. The number of imidazole rings is 1. The number of esters is 1. The lowest BCUT2D eigenvalue weighted by atomic mass is 9.76. The van der Waals surface area contributed by atoms with Crippen molar-refractivity contribution in [3.05, 3.63) is 70.8 Å². The highest BCUT2D eigenvalue weighted by atomic mass is 35.5. The first-order valence-corrected chi connectivity index (χ1v) is 12.4. The Balaban J connectivity index is 1.29. The van der Waals surface area contributed by atoms with Gasteiger partial charge in [0.15, 0.2) is 5.69 Å². The zero-order chi connectivity index (χ0) is 26.3. The van der Waals surface area contributed by atoms with Crippen LogP contribution < -0.4 is 5.32 Å². The minimum Gasteiger partial charge on any atom is -0.461 e. The highest BCUT2D eigenvalue weighted by Gasteiger charge is 2.57. The van der Waals surface area contributed by atoms with Gasteiger partial charge in [0, 0.05) is 37.8 Å². The summed E-state index contributed by atoms with van der Waals surface area (Å²) in [4.78, 5) is 58.2. The van der Waals surface area contributed by atoms with E-state index >= 15 is 0 Å². The Kier molecular flexibility index (Phi) is 6.36. The van der Waals surface area contributed by atoms with E-state index in [0.29, 0.717) is 41.3 Å². The fourth-order valence-electron chi connectivity index (χ4n) is 5.02. The van der Waals surface area contributed by atoms with Crippen molar-refractivity contribution in [1.82, 2.24) is 24.5 Å². The van der Waals surface area contributed by atoms with Crippen LogP contribution in [0.3, 0.4) is 0 Å². The molecule has 0 bridgehead atoms. The minimum atomic E-state index is -0.852. The first kappa shape index (κ1) is 24.8. The first-order valence-electron chi connectivity index (χ1n) is 12.0. The molecule has 1 N–H and O–H groups in total. The Labute approximate surface area is 218 Å². The summed E-state index contributed by atoms with van der Waals surface area (Å²) in [6.45, 7) is 4.68. The van der Waals surface area contributed by atoms with E-state index in [4.69, 9.17) is 16.3 Å². The van der Waals surface area contributed by atoms with Crippen LogP contribution in [0.4, 0.5) is 0 Å². The number of aromatic nitrogens is 2. The Morgan fingerprint density at radius 1 is 1.19 bits per heavy atom. The molecule has 2 aromatic heterocycles. The maximum Gasteiger partial charge on any atom is 0.359 e. The number of halogens is 1. The Morgan fingerprint density at radius 3 is 2.62 bits per heavy atom. The molecule has 10 nitrogen and oxygen atoms in total. The summed E-state index contributed by atoms with van der Waals surface area (Å²) in [6, 6.07) is 9.35. The largest absolute Gasteiger partial charge is 0.461 e. The number of nitrogens with one attached hydrogen (secondary N) is 1. The Morgan fingerprint density at radius 2 is 1.97 bits per heavy atom. The molecule has 1 spiro atoms. The van der Waals surface area contributed by atoms with Crippen LogP contribution in [0.2, 0.25) is 5.02 Å². The summed E-state index contributed by atoms with van der Waals surface area (Å²) in [5.74, 6) is -1.23. The maximum atomic E-state index is 13.5. The average molecular weight is 524 g/mol. The molecule has 1 atom stereocenters. The SMILES string of the molecule is CCOC(=O)c1ncn2cc(C(=O)N3CC4(CCN4C(=O)[C@H](NC(C)=O)c4cccc(Cl)c4)C3)ccc12. The molecule has 192 valence electrons. The molecule has 3 aromatic rings. The van der Waals surface area contributed by atoms with Gasteiger partial charge in [-0.3, -0.25) is 14.4 Å². The first-order chi connectivity index (χ1) is 17.7. The summed E-state index contributed by atoms with van der Waals surface area (Å²) in [5.41, 5.74) is 1.36. The number of fused-ring (bicyclic) bond motifs is 1. The van der Waals surface area contributed by atoms with Crippen LogP contribution in [-0.4, -0.2) is 74.7 Å². The lowest BCUT2D eigenvalue weighted by molar-refractivity contribution is -0.165. The van der Waals surface area contributed by atoms with Gasteiger partial charge in [-0.05, 0) is 43.2 Å². The molecule has 37 heavy (non-hydrogen) atoms. The van der Waals surface area contributed by atoms with Gasteiger partial charge < -0.3 is 24.3 Å². The number of nitrogens with zero attached hydrogens (tertiary/aromatic N) is 4. The van der Waals surface area contributed by atoms with Gasteiger partial charge in [0.2, 0.25) is 11.8 Å². The number of rotatable bonds is 6. The second kappa shape index (κ2) is 9.51. The van der Waals surface area contributed by atoms with Crippen LogP contribution >= 0.6 is 11.6 Å². The van der Waals surface area contributed by atoms with E-state index in [0.717, 1.165) is 6.42 Å². The molecule has 3 amide bonds. The second-order valence-electron chi connectivity index (χ2n) is 9.34. The molecule has 1 aromatic carbocycles. The molecule has 4 heterocycles. The number of hydrogen-bond acceptors (Lipinski definition) is 6. The molecule has 0 saturated carbocycles. The zero-order valence-corrected chi connectivity index (χ0v) is 21.2. The van der Waals surface area contributed by atoms with Crippen LogP contribution in [-0.2, 0) is 14.3 Å². The lowest BCUT2D eigenvalue weighted by Crippen LogP contribution is -2.79. The molecule has 2 saturated heterocycles. The number of ether oxygens (including phenoxy) is 1. The molecular weight excluding hydrogens is 498 g/mol. The van der Waals surface area contributed by atoms with Crippen molar-refractivity contribution in [3.63, 3.8) is 0 Å². The number of carbonyl (C=O) groups is 4. The standard InChI is InChI=1S/C26H26ClN5O5/c1-3-37-25(36)22-20-8-7-18(12-30(20)15-28-22)23(34)31-13-26(14-31)9-10-32(26)24(35)21(29-16(2)33)17-5-4-6-19(27)11-17/h4-8,11-12,15,21H,3,9-10,13-14H2,1-2H3,(H,29,33)/t21-/m1/s1. The predicted octanol–water partition coefficient (Wildman–Crippen LogP) is 2.47. The van der Waals surface area contributed by atoms with Crippen LogP contribution in [0.5, 0.6) is 0 Å². The van der Waals surface area contributed by atoms with Crippen molar-refractivity contribution in [2.45, 2.75) is 31.8 Å². The van der Waals surface area contributed by atoms with Crippen molar-refractivity contribution in [2.24, 2.45) is 0 Å². The maximum absolute atomic E-state index is 13.5. The van der Waals surface area contributed by atoms with Gasteiger partial charge in [0.05, 0.1) is 23.2 Å². The number of likely N-dealkylation sites (tertiary alicyclic amines) is 2. The number of amides is 3. The third kappa shape index (κ3) is 4.42. The van der Waals surface area contributed by atoms with Crippen molar-refractivity contribution in [3.8, 4) is 0 Å². The highest BCUT2D eigenvalue weighted by Crippen LogP contribution is 2.41. The second-order valence-corrected chi connectivity index (χ2v) is 9.77. The quantitative estimate of drug-likeness (QED) is 0.497. The predicted molar refractivity (Wildman–Crippen MR) is 134 cm³/mol. The summed E-state index contributed by atoms with van der Waals surface area (Å²) >= 11 is 6.12. The van der Waals surface area contributed by atoms with E-state index in [2.05, 4.69) is 10.3 Å². The zero-order valence-electron chi connectivity index (χ0n) is 20.4. The molecule has 0 radical (unpaired) electrons. The highest BCUT2D eigenvalue weighted by molar-refractivity contribution is 6.30. The monoisotopic (exact) mass is 523 g/mol. The van der Waals surface area contributed by atoms with Crippen molar-refractivity contribution in [2.75, 3.05) is 26.2 Å². The van der Waals surface area contributed by atoms with E-state index in [1.54, 1.807) is 63.7 Å². The van der Waals surface area contributed by atoms with Crippen molar-refractivity contribution >= 4 is 40.8 Å². The molecule has 0 aliphatic carbocycles. The fourth-order valence-corrected chi connectivity index (χ4v) is 5.22. The van der Waals surface area contributed by atoms with Crippen LogP contribution in [0.25, 0.3) is 5.52 Å². The van der Waals surface area contributed by atoms with Crippen LogP contribution in [0.1, 0.15) is 52.7 Å². The van der Waals surface area contributed by atoms with Crippen molar-refractivity contribution < 1.29 is 23.9 Å². The number of carbonyl (C=O) groups excluding carboxylic acids is 4. The molecule has 11 heteroatoms. The van der Waals surface area contributed by atoms with Gasteiger partial charge >= 0.3 is 5.97 Å². The van der Waals surface area contributed by atoms with Gasteiger partial charge in [-0.15, -0.1) is 0 Å². The topological polar surface area (TPSA) is 113 Å². The summed E-state index contributed by atoms with van der Waals surface area (Å²) < 4.78 is 6.65. The normalized spacial score (nSPS) is 16.6. The number of hydrogen-bond donors (Lipinski definition) is 1. The van der Waals surface area contributed by atoms with Crippen LogP contribution in [0.15, 0.2) is 48.9 Å². The Bertz CT molecular complexity index is 1410. The van der Waals surface area contributed by atoms with Gasteiger partial charge in [0.1, 0.15) is 12.4 Å². The third-order valence-corrected chi connectivity index (χ3v) is 7.16. The Hall–Kier alpha value is -3.92. The number of benzene rings is 1. The van der Waals surface area contributed by atoms with E-state index in [9.17, 15) is 19.2 Å². The van der Waals surface area contributed by atoms with E-state index in [-0.39, 0.29) is 30.0 Å². The van der Waals surface area contributed by atoms with Gasteiger partial charge in [-0.1, -0.05) is 23.7 Å². The van der Waals surface area contributed by atoms with Gasteiger partial charge in [-0.25, -0.2) is 9.78 Å². The smallest absolute Gasteiger partial charge is 0.359 e. The van der Waals surface area contributed by atoms with Gasteiger partial charge in [-0.2, -0.15) is 0 Å². The third-order valence-electron chi connectivity index (χ3n) is 6.92. The van der Waals surface area contributed by atoms with Gasteiger partial charge in [0.25, 0.3) is 5.91 Å². The molecule has 2 aliphatic rings. The van der Waals surface area contributed by atoms with Crippen LogP contribution in [0, 0.1) is 0 Å². The van der Waals surface area contributed by atoms with Crippen molar-refractivity contribution in [1.29, 1.82) is 0 Å². The lowest BCUT2D eigenvalue weighted by Gasteiger charge is -2.62. The summed E-state index contributed by atoms with van der Waals surface area (Å²) in [6.07, 6.45) is 3.88.